The standard InChI is InChI=1S/C11H16N2O2/c1-3-4-9(12)10-6-5-8(7-13-10)11(14)15-2/h5-7,9H,3-4,12H2,1-2H3. The average Bonchev–Trinajstić information content (AvgIpc) is 2.28. The topological polar surface area (TPSA) is 65.2 Å². The first-order valence-electron chi connectivity index (χ1n) is 4.99. The number of nitrogens with two attached hydrogens (primary N) is 1. The molecule has 1 aromatic rings. The van der Waals surface area contributed by atoms with E-state index in [0.29, 0.717) is 5.56 Å². The molecule has 0 saturated carbocycles. The Morgan fingerprint density at radius 1 is 1.60 bits per heavy atom. The molecule has 0 aliphatic heterocycles. The van der Waals surface area contributed by atoms with E-state index in [-0.39, 0.29) is 12.0 Å². The van der Waals surface area contributed by atoms with Crippen molar-refractivity contribution in [1.82, 2.24) is 4.98 Å². The van der Waals surface area contributed by atoms with Gasteiger partial charge in [-0.1, -0.05) is 13.3 Å². The lowest BCUT2D eigenvalue weighted by Crippen LogP contribution is -2.12. The second-order valence-corrected chi connectivity index (χ2v) is 3.36. The quantitative estimate of drug-likeness (QED) is 0.764. The molecule has 0 fully saturated rings. The molecule has 0 radical (unpaired) electrons. The Labute approximate surface area is 89.5 Å². The first-order chi connectivity index (χ1) is 7.19. The highest BCUT2D eigenvalue weighted by molar-refractivity contribution is 5.88. The lowest BCUT2D eigenvalue weighted by atomic mass is 10.1. The zero-order valence-electron chi connectivity index (χ0n) is 9.06. The summed E-state index contributed by atoms with van der Waals surface area (Å²) in [5.74, 6) is -0.377. The second-order valence-electron chi connectivity index (χ2n) is 3.36. The maximum Gasteiger partial charge on any atom is 0.339 e. The lowest BCUT2D eigenvalue weighted by molar-refractivity contribution is 0.0600. The molecule has 1 aromatic heterocycles. The number of rotatable bonds is 4. The summed E-state index contributed by atoms with van der Waals surface area (Å²) in [5, 5.41) is 0. The zero-order chi connectivity index (χ0) is 11.3. The van der Waals surface area contributed by atoms with Gasteiger partial charge in [-0.05, 0) is 18.6 Å². The molecule has 1 rings (SSSR count). The van der Waals surface area contributed by atoms with Crippen LogP contribution in [0.25, 0.3) is 0 Å². The minimum absolute atomic E-state index is 0.0540. The molecule has 2 N–H and O–H groups in total. The van der Waals surface area contributed by atoms with Crippen LogP contribution in [0.1, 0.15) is 41.9 Å². The van der Waals surface area contributed by atoms with Crippen molar-refractivity contribution in [2.24, 2.45) is 5.73 Å². The molecule has 82 valence electrons. The van der Waals surface area contributed by atoms with Crippen LogP contribution in [0.2, 0.25) is 0 Å². The van der Waals surface area contributed by atoms with Gasteiger partial charge < -0.3 is 10.5 Å². The lowest BCUT2D eigenvalue weighted by Gasteiger charge is -2.09. The number of hydrogen-bond donors (Lipinski definition) is 1. The van der Waals surface area contributed by atoms with Gasteiger partial charge in [0.15, 0.2) is 0 Å². The van der Waals surface area contributed by atoms with Gasteiger partial charge in [0.1, 0.15) is 0 Å². The summed E-state index contributed by atoms with van der Waals surface area (Å²) in [6.45, 7) is 2.07. The van der Waals surface area contributed by atoms with Gasteiger partial charge in [-0.25, -0.2) is 4.79 Å². The molecule has 0 aliphatic carbocycles. The molecule has 0 bridgehead atoms. The highest BCUT2D eigenvalue weighted by atomic mass is 16.5. The van der Waals surface area contributed by atoms with Crippen molar-refractivity contribution in [1.29, 1.82) is 0 Å². The number of methoxy groups -OCH3 is 1. The average molecular weight is 208 g/mol. The van der Waals surface area contributed by atoms with E-state index in [9.17, 15) is 4.79 Å². The Balaban J connectivity index is 2.76. The van der Waals surface area contributed by atoms with Crippen molar-refractivity contribution < 1.29 is 9.53 Å². The number of ether oxygens (including phenoxy) is 1. The fraction of sp³-hybridized carbons (Fsp3) is 0.455. The summed E-state index contributed by atoms with van der Waals surface area (Å²) in [6, 6.07) is 3.40. The molecule has 0 aromatic carbocycles. The minimum atomic E-state index is -0.377. The zero-order valence-corrected chi connectivity index (χ0v) is 9.06. The molecule has 1 unspecified atom stereocenters. The molecule has 1 atom stereocenters. The summed E-state index contributed by atoms with van der Waals surface area (Å²) in [7, 11) is 1.35. The molecule has 0 saturated heterocycles. The van der Waals surface area contributed by atoms with Crippen LogP contribution in [0.4, 0.5) is 0 Å². The number of hydrogen-bond acceptors (Lipinski definition) is 4. The summed E-state index contributed by atoms with van der Waals surface area (Å²) in [4.78, 5) is 15.3. The van der Waals surface area contributed by atoms with Crippen molar-refractivity contribution in [3.63, 3.8) is 0 Å². The Hall–Kier alpha value is -1.42. The van der Waals surface area contributed by atoms with Crippen LogP contribution in [0.15, 0.2) is 18.3 Å². The normalized spacial score (nSPS) is 12.2. The predicted octanol–water partition coefficient (Wildman–Crippen LogP) is 1.67. The molecule has 0 aliphatic rings. The van der Waals surface area contributed by atoms with Gasteiger partial charge in [-0.15, -0.1) is 0 Å². The first-order valence-corrected chi connectivity index (χ1v) is 4.99. The second kappa shape index (κ2) is 5.46. The third-order valence-corrected chi connectivity index (χ3v) is 2.19. The van der Waals surface area contributed by atoms with E-state index >= 15 is 0 Å². The number of aromatic nitrogens is 1. The highest BCUT2D eigenvalue weighted by Crippen LogP contribution is 2.13. The molecule has 0 amide bonds. The van der Waals surface area contributed by atoms with E-state index in [1.54, 1.807) is 12.1 Å². The molecule has 4 heteroatoms. The van der Waals surface area contributed by atoms with E-state index in [4.69, 9.17) is 5.73 Å². The maximum absolute atomic E-state index is 11.1. The number of carbonyl (C=O) groups is 1. The Bertz CT molecular complexity index is 322. The van der Waals surface area contributed by atoms with E-state index < -0.39 is 0 Å². The Morgan fingerprint density at radius 2 is 2.33 bits per heavy atom. The fourth-order valence-corrected chi connectivity index (χ4v) is 1.32. The number of pyridine rings is 1. The fourth-order valence-electron chi connectivity index (χ4n) is 1.32. The van der Waals surface area contributed by atoms with Crippen molar-refractivity contribution in [2.75, 3.05) is 7.11 Å². The predicted molar refractivity (Wildman–Crippen MR) is 57.4 cm³/mol. The highest BCUT2D eigenvalue weighted by Gasteiger charge is 2.09. The molecular formula is C11H16N2O2. The van der Waals surface area contributed by atoms with E-state index in [1.807, 2.05) is 0 Å². The van der Waals surface area contributed by atoms with Gasteiger partial charge >= 0.3 is 5.97 Å². The van der Waals surface area contributed by atoms with Crippen LogP contribution >= 0.6 is 0 Å². The van der Waals surface area contributed by atoms with Crippen molar-refractivity contribution in [3.8, 4) is 0 Å². The number of nitrogens with zero attached hydrogens (tertiary/aromatic N) is 1. The van der Waals surface area contributed by atoms with Crippen LogP contribution in [-0.4, -0.2) is 18.1 Å². The first kappa shape index (κ1) is 11.7. The number of esters is 1. The van der Waals surface area contributed by atoms with Gasteiger partial charge in [0.2, 0.25) is 0 Å². The molecule has 1 heterocycles. The van der Waals surface area contributed by atoms with Crippen LogP contribution in [0, 0.1) is 0 Å². The van der Waals surface area contributed by atoms with Crippen LogP contribution in [0.3, 0.4) is 0 Å². The van der Waals surface area contributed by atoms with Crippen molar-refractivity contribution in [2.45, 2.75) is 25.8 Å². The van der Waals surface area contributed by atoms with Crippen LogP contribution in [0.5, 0.6) is 0 Å². The van der Waals surface area contributed by atoms with Crippen molar-refractivity contribution >= 4 is 5.97 Å². The smallest absolute Gasteiger partial charge is 0.339 e. The maximum atomic E-state index is 11.1. The van der Waals surface area contributed by atoms with Crippen LogP contribution < -0.4 is 5.73 Å². The third-order valence-electron chi connectivity index (χ3n) is 2.19. The van der Waals surface area contributed by atoms with Gasteiger partial charge in [-0.2, -0.15) is 0 Å². The monoisotopic (exact) mass is 208 g/mol. The number of carbonyl (C=O) groups excluding carboxylic acids is 1. The van der Waals surface area contributed by atoms with Gasteiger partial charge in [0, 0.05) is 12.2 Å². The Morgan fingerprint density at radius 3 is 2.80 bits per heavy atom. The SMILES string of the molecule is CCCC(N)c1ccc(C(=O)OC)cn1. The molecular weight excluding hydrogens is 192 g/mol. The minimum Gasteiger partial charge on any atom is -0.465 e. The van der Waals surface area contributed by atoms with Gasteiger partial charge in [0.25, 0.3) is 0 Å². The molecule has 0 spiro atoms. The van der Waals surface area contributed by atoms with Crippen LogP contribution in [-0.2, 0) is 4.74 Å². The van der Waals surface area contributed by atoms with E-state index in [2.05, 4.69) is 16.6 Å². The third kappa shape index (κ3) is 3.02. The summed E-state index contributed by atoms with van der Waals surface area (Å²) < 4.78 is 4.57. The Kier molecular flexibility index (Phi) is 4.24. The molecule has 4 nitrogen and oxygen atoms in total. The van der Waals surface area contributed by atoms with Crippen molar-refractivity contribution in [3.05, 3.63) is 29.6 Å². The van der Waals surface area contributed by atoms with Gasteiger partial charge in [0.05, 0.1) is 18.4 Å². The van der Waals surface area contributed by atoms with Gasteiger partial charge in [-0.3, -0.25) is 4.98 Å². The summed E-state index contributed by atoms with van der Waals surface area (Å²) >= 11 is 0. The molecule has 15 heavy (non-hydrogen) atoms. The summed E-state index contributed by atoms with van der Waals surface area (Å²) in [5.41, 5.74) is 7.14. The largest absolute Gasteiger partial charge is 0.465 e. The summed E-state index contributed by atoms with van der Waals surface area (Å²) in [6.07, 6.45) is 3.41. The van der Waals surface area contributed by atoms with E-state index in [1.165, 1.54) is 13.3 Å². The van der Waals surface area contributed by atoms with E-state index in [0.717, 1.165) is 18.5 Å².